The van der Waals surface area contributed by atoms with Gasteiger partial charge < -0.3 is 5.64 Å². The van der Waals surface area contributed by atoms with E-state index >= 15 is 0 Å². The minimum absolute atomic E-state index is 1.08. The van der Waals surface area contributed by atoms with Crippen LogP contribution in [0.1, 0.15) is 26.2 Å². The molecule has 0 aromatic rings. The van der Waals surface area contributed by atoms with Gasteiger partial charge >= 0.3 is 0 Å². The molecular formula is C5H13BN. The Bertz CT molecular complexity index is 27.3. The predicted octanol–water partition coefficient (Wildman–Crippen LogP) is 1.17. The summed E-state index contributed by atoms with van der Waals surface area (Å²) in [6.07, 6.45) is 4.93. The molecule has 0 aromatic heterocycles. The first-order valence-corrected chi connectivity index (χ1v) is 2.95. The van der Waals surface area contributed by atoms with E-state index in [0.29, 0.717) is 0 Å². The van der Waals surface area contributed by atoms with E-state index in [1.54, 1.807) is 7.41 Å². The third kappa shape index (κ3) is 6.02. The Morgan fingerprint density at radius 3 is 2.57 bits per heavy atom. The Morgan fingerprint density at radius 1 is 1.43 bits per heavy atom. The van der Waals surface area contributed by atoms with Crippen LogP contribution in [0.25, 0.3) is 0 Å². The molecule has 0 fully saturated rings. The van der Waals surface area contributed by atoms with Crippen LogP contribution in [-0.2, 0) is 0 Å². The summed E-state index contributed by atoms with van der Waals surface area (Å²) in [6, 6.07) is 0. The van der Waals surface area contributed by atoms with Crippen LogP contribution >= 0.6 is 0 Å². The minimum Gasteiger partial charge on any atom is -0.374 e. The van der Waals surface area contributed by atoms with Crippen molar-refractivity contribution in [1.82, 2.24) is 0 Å². The molecule has 0 amide bonds. The second kappa shape index (κ2) is 6.02. The molecule has 0 aliphatic carbocycles. The molecule has 1 nitrogen and oxygen atoms in total. The van der Waals surface area contributed by atoms with Crippen LogP contribution in [0.15, 0.2) is 0 Å². The lowest BCUT2D eigenvalue weighted by atomic mass is 9.88. The Morgan fingerprint density at radius 2 is 2.14 bits per heavy atom. The monoisotopic (exact) mass is 98.1 g/mol. The maximum absolute atomic E-state index is 5.14. The van der Waals surface area contributed by atoms with Gasteiger partial charge in [-0.05, 0) is 0 Å². The first kappa shape index (κ1) is 7.02. The highest BCUT2D eigenvalue weighted by molar-refractivity contribution is 6.30. The van der Waals surface area contributed by atoms with Crippen LogP contribution in [-0.4, -0.2) is 7.41 Å². The maximum Gasteiger partial charge on any atom is 0.202 e. The maximum atomic E-state index is 5.14. The van der Waals surface area contributed by atoms with Gasteiger partial charge in [0.1, 0.15) is 0 Å². The molecule has 0 aliphatic heterocycles. The number of rotatable bonds is 4. The third-order valence-corrected chi connectivity index (χ3v) is 0.974. The third-order valence-electron chi connectivity index (χ3n) is 0.974. The van der Waals surface area contributed by atoms with Crippen LogP contribution in [0.2, 0.25) is 6.32 Å². The molecule has 1 radical (unpaired) electrons. The molecule has 41 valence electrons. The summed E-state index contributed by atoms with van der Waals surface area (Å²) in [4.78, 5) is 0. The van der Waals surface area contributed by atoms with Gasteiger partial charge in [-0.3, -0.25) is 0 Å². The molecule has 7 heavy (non-hydrogen) atoms. The molecule has 0 saturated carbocycles. The van der Waals surface area contributed by atoms with Gasteiger partial charge in [0.2, 0.25) is 7.41 Å². The van der Waals surface area contributed by atoms with Crippen molar-refractivity contribution in [2.75, 3.05) is 0 Å². The lowest BCUT2D eigenvalue weighted by Gasteiger charge is -1.89. The topological polar surface area (TPSA) is 26.0 Å². The molecule has 2 N–H and O–H groups in total. The number of hydrogen-bond acceptors (Lipinski definition) is 1. The lowest BCUT2D eigenvalue weighted by molar-refractivity contribution is 0.768. The van der Waals surface area contributed by atoms with E-state index in [2.05, 4.69) is 6.92 Å². The van der Waals surface area contributed by atoms with Gasteiger partial charge in [-0.25, -0.2) is 0 Å². The zero-order valence-electron chi connectivity index (χ0n) is 4.98. The van der Waals surface area contributed by atoms with E-state index in [1.165, 1.54) is 19.3 Å². The van der Waals surface area contributed by atoms with Crippen molar-refractivity contribution >= 4 is 7.41 Å². The molecule has 0 heterocycles. The van der Waals surface area contributed by atoms with E-state index < -0.39 is 0 Å². The number of hydrogen-bond donors (Lipinski definition) is 1. The SMILES string of the molecule is CCCCC[B]N. The molecule has 0 aromatic carbocycles. The Hall–Kier alpha value is 0.0249. The largest absolute Gasteiger partial charge is 0.374 e. The molecule has 2 heteroatoms. The highest BCUT2D eigenvalue weighted by atomic mass is 14.3. The molecule has 0 saturated heterocycles. The van der Waals surface area contributed by atoms with E-state index in [4.69, 9.17) is 5.64 Å². The molecule has 0 atom stereocenters. The summed E-state index contributed by atoms with van der Waals surface area (Å²) >= 11 is 0. The Balaban J connectivity index is 2.45. The van der Waals surface area contributed by atoms with Crippen molar-refractivity contribution in [2.24, 2.45) is 5.64 Å². The highest BCUT2D eigenvalue weighted by Crippen LogP contribution is 1.95. The summed E-state index contributed by atoms with van der Waals surface area (Å²) in [7, 11) is 1.73. The van der Waals surface area contributed by atoms with Crippen molar-refractivity contribution in [3.05, 3.63) is 0 Å². The van der Waals surface area contributed by atoms with Crippen molar-refractivity contribution in [3.8, 4) is 0 Å². The van der Waals surface area contributed by atoms with Gasteiger partial charge in [0.25, 0.3) is 0 Å². The van der Waals surface area contributed by atoms with Gasteiger partial charge in [-0.2, -0.15) is 0 Å². The van der Waals surface area contributed by atoms with Gasteiger partial charge in [0, 0.05) is 0 Å². The summed E-state index contributed by atoms with van der Waals surface area (Å²) in [5, 5.41) is 0. The average Bonchev–Trinajstić information content (AvgIpc) is 1.69. The van der Waals surface area contributed by atoms with Crippen LogP contribution in [0.5, 0.6) is 0 Å². The van der Waals surface area contributed by atoms with Crippen LogP contribution < -0.4 is 5.64 Å². The standard InChI is InChI=1S/C5H13BN/c1-2-3-4-5-6-7/h2-5,7H2,1H3. The molecule has 0 rings (SSSR count). The quantitative estimate of drug-likeness (QED) is 0.414. The summed E-state index contributed by atoms with van der Waals surface area (Å²) < 4.78 is 0. The number of unbranched alkanes of at least 4 members (excludes halogenated alkanes) is 2. The summed E-state index contributed by atoms with van der Waals surface area (Å²) in [5.41, 5.74) is 5.14. The van der Waals surface area contributed by atoms with E-state index in [0.717, 1.165) is 6.32 Å². The fraction of sp³-hybridized carbons (Fsp3) is 1.00. The molecular weight excluding hydrogens is 84.9 g/mol. The van der Waals surface area contributed by atoms with Crippen LogP contribution in [0.4, 0.5) is 0 Å². The highest BCUT2D eigenvalue weighted by Gasteiger charge is 1.82. The zero-order valence-corrected chi connectivity index (χ0v) is 4.98. The first-order valence-electron chi connectivity index (χ1n) is 2.95. The molecule has 0 bridgehead atoms. The first-order chi connectivity index (χ1) is 3.41. The van der Waals surface area contributed by atoms with Gasteiger partial charge in [0.05, 0.1) is 0 Å². The fourth-order valence-electron chi connectivity index (χ4n) is 0.512. The molecule has 0 spiro atoms. The lowest BCUT2D eigenvalue weighted by Crippen LogP contribution is -2.02. The van der Waals surface area contributed by atoms with E-state index in [1.807, 2.05) is 0 Å². The van der Waals surface area contributed by atoms with Crippen molar-refractivity contribution in [2.45, 2.75) is 32.5 Å². The van der Waals surface area contributed by atoms with Crippen molar-refractivity contribution < 1.29 is 0 Å². The molecule has 0 aliphatic rings. The minimum atomic E-state index is 1.08. The second-order valence-corrected chi connectivity index (χ2v) is 1.73. The van der Waals surface area contributed by atoms with Crippen LogP contribution in [0.3, 0.4) is 0 Å². The zero-order chi connectivity index (χ0) is 5.54. The Labute approximate surface area is 46.5 Å². The second-order valence-electron chi connectivity index (χ2n) is 1.73. The van der Waals surface area contributed by atoms with Gasteiger partial charge in [-0.15, -0.1) is 0 Å². The van der Waals surface area contributed by atoms with Crippen LogP contribution in [0, 0.1) is 0 Å². The average molecular weight is 98.0 g/mol. The molecule has 0 unspecified atom stereocenters. The Kier molecular flexibility index (Phi) is 6.05. The number of nitrogens with two attached hydrogens (primary N) is 1. The van der Waals surface area contributed by atoms with Crippen molar-refractivity contribution in [1.29, 1.82) is 0 Å². The van der Waals surface area contributed by atoms with Gasteiger partial charge in [0.15, 0.2) is 0 Å². The normalized spacial score (nSPS) is 8.86. The fourth-order valence-corrected chi connectivity index (χ4v) is 0.512. The van der Waals surface area contributed by atoms with Crippen molar-refractivity contribution in [3.63, 3.8) is 0 Å². The van der Waals surface area contributed by atoms with E-state index in [9.17, 15) is 0 Å². The predicted molar refractivity (Wildman–Crippen MR) is 34.3 cm³/mol. The smallest absolute Gasteiger partial charge is 0.202 e. The van der Waals surface area contributed by atoms with E-state index in [-0.39, 0.29) is 0 Å². The van der Waals surface area contributed by atoms with Gasteiger partial charge in [-0.1, -0.05) is 32.5 Å². The summed E-state index contributed by atoms with van der Waals surface area (Å²) in [6.45, 7) is 2.19. The summed E-state index contributed by atoms with van der Waals surface area (Å²) in [5.74, 6) is 0.